The lowest BCUT2D eigenvalue weighted by Crippen LogP contribution is -2.14. The molecule has 88 valence electrons. The average molecular weight is 226 g/mol. The van der Waals surface area contributed by atoms with Crippen molar-refractivity contribution in [2.45, 2.75) is 19.8 Å². The van der Waals surface area contributed by atoms with Gasteiger partial charge in [0.25, 0.3) is 0 Å². The molecular weight excluding hydrogens is 212 g/mol. The van der Waals surface area contributed by atoms with Crippen molar-refractivity contribution in [3.8, 4) is 6.07 Å². The minimum absolute atomic E-state index is 0.0438. The fourth-order valence-electron chi connectivity index (χ4n) is 0.862. The molecule has 16 heavy (non-hydrogen) atoms. The van der Waals surface area contributed by atoms with Crippen molar-refractivity contribution < 1.29 is 19.4 Å². The Balaban J connectivity index is 3.95. The van der Waals surface area contributed by atoms with Crippen molar-refractivity contribution in [3.05, 3.63) is 11.8 Å². The summed E-state index contributed by atoms with van der Waals surface area (Å²) in [5.74, 6) is -1.56. The van der Waals surface area contributed by atoms with Gasteiger partial charge in [-0.2, -0.15) is 5.26 Å². The predicted molar refractivity (Wildman–Crippen MR) is 55.2 cm³/mol. The minimum Gasteiger partial charge on any atom is -0.481 e. The van der Waals surface area contributed by atoms with Gasteiger partial charge in [0.2, 0.25) is 0 Å². The standard InChI is InChI=1S/C10H14N2O4/c1-2-16-10(15)8(6-11)7-12-5-3-4-9(13)14/h7,12H,2-5H2,1H3,(H,13,14)/b8-7-. The molecule has 0 aliphatic rings. The fraction of sp³-hybridized carbons (Fsp3) is 0.500. The topological polar surface area (TPSA) is 99.4 Å². The number of carboxylic acids is 1. The Bertz CT molecular complexity index is 317. The predicted octanol–water partition coefficient (Wildman–Crippen LogP) is 0.411. The minimum atomic E-state index is -0.878. The third-order valence-electron chi connectivity index (χ3n) is 1.57. The smallest absolute Gasteiger partial charge is 0.350 e. The van der Waals surface area contributed by atoms with E-state index in [2.05, 4.69) is 10.1 Å². The van der Waals surface area contributed by atoms with Crippen molar-refractivity contribution in [1.82, 2.24) is 5.32 Å². The summed E-state index contributed by atoms with van der Waals surface area (Å²) < 4.78 is 4.63. The van der Waals surface area contributed by atoms with E-state index < -0.39 is 11.9 Å². The van der Waals surface area contributed by atoms with E-state index >= 15 is 0 Å². The van der Waals surface area contributed by atoms with Crippen molar-refractivity contribution >= 4 is 11.9 Å². The van der Waals surface area contributed by atoms with Gasteiger partial charge in [0.05, 0.1) is 6.61 Å². The first-order chi connectivity index (χ1) is 7.61. The van der Waals surface area contributed by atoms with E-state index in [0.29, 0.717) is 13.0 Å². The third-order valence-corrected chi connectivity index (χ3v) is 1.57. The molecule has 0 saturated heterocycles. The maximum Gasteiger partial charge on any atom is 0.350 e. The van der Waals surface area contributed by atoms with Crippen LogP contribution in [0, 0.1) is 11.3 Å². The average Bonchev–Trinajstić information content (AvgIpc) is 2.23. The second kappa shape index (κ2) is 8.29. The second-order valence-corrected chi connectivity index (χ2v) is 2.84. The van der Waals surface area contributed by atoms with Crippen LogP contribution < -0.4 is 5.32 Å². The molecule has 0 spiro atoms. The third kappa shape index (κ3) is 6.43. The molecule has 0 saturated carbocycles. The number of rotatable bonds is 7. The van der Waals surface area contributed by atoms with Crippen LogP contribution in [0.1, 0.15) is 19.8 Å². The van der Waals surface area contributed by atoms with Gasteiger partial charge in [-0.25, -0.2) is 4.79 Å². The van der Waals surface area contributed by atoms with E-state index in [9.17, 15) is 9.59 Å². The quantitative estimate of drug-likeness (QED) is 0.282. The number of hydrogen-bond donors (Lipinski definition) is 2. The Morgan fingerprint density at radius 3 is 2.75 bits per heavy atom. The van der Waals surface area contributed by atoms with Crippen molar-refractivity contribution in [2.75, 3.05) is 13.2 Å². The Kier molecular flexibility index (Phi) is 7.24. The number of nitriles is 1. The molecule has 6 nitrogen and oxygen atoms in total. The molecule has 0 aromatic rings. The Hall–Kier alpha value is -2.03. The molecule has 0 aromatic heterocycles. The largest absolute Gasteiger partial charge is 0.481 e. The maximum absolute atomic E-state index is 11.1. The van der Waals surface area contributed by atoms with Crippen molar-refractivity contribution in [2.24, 2.45) is 0 Å². The monoisotopic (exact) mass is 226 g/mol. The number of ether oxygens (including phenoxy) is 1. The Labute approximate surface area is 93.5 Å². The summed E-state index contributed by atoms with van der Waals surface area (Å²) in [6.45, 7) is 2.24. The SMILES string of the molecule is CCOC(=O)/C(C#N)=C\NCCCC(=O)O. The van der Waals surface area contributed by atoms with Gasteiger partial charge in [-0.15, -0.1) is 0 Å². The van der Waals surface area contributed by atoms with Crippen LogP contribution in [0.4, 0.5) is 0 Å². The van der Waals surface area contributed by atoms with Gasteiger partial charge < -0.3 is 15.2 Å². The van der Waals surface area contributed by atoms with Gasteiger partial charge in [-0.05, 0) is 13.3 Å². The van der Waals surface area contributed by atoms with Crippen molar-refractivity contribution in [1.29, 1.82) is 5.26 Å². The highest BCUT2D eigenvalue weighted by Gasteiger charge is 2.08. The summed E-state index contributed by atoms with van der Waals surface area (Å²) in [6, 6.07) is 1.69. The second-order valence-electron chi connectivity index (χ2n) is 2.84. The van der Waals surface area contributed by atoms with Crippen LogP contribution in [-0.2, 0) is 14.3 Å². The van der Waals surface area contributed by atoms with E-state index in [1.54, 1.807) is 13.0 Å². The zero-order valence-corrected chi connectivity index (χ0v) is 9.02. The highest BCUT2D eigenvalue weighted by atomic mass is 16.5. The lowest BCUT2D eigenvalue weighted by atomic mass is 10.3. The van der Waals surface area contributed by atoms with Crippen LogP contribution in [0.3, 0.4) is 0 Å². The van der Waals surface area contributed by atoms with E-state index in [0.717, 1.165) is 0 Å². The molecule has 0 fully saturated rings. The van der Waals surface area contributed by atoms with Gasteiger partial charge >= 0.3 is 11.9 Å². The number of nitrogens with zero attached hydrogens (tertiary/aromatic N) is 1. The van der Waals surface area contributed by atoms with Crippen LogP contribution in [0.15, 0.2) is 11.8 Å². The number of carbonyl (C=O) groups excluding carboxylic acids is 1. The lowest BCUT2D eigenvalue weighted by molar-refractivity contribution is -0.138. The molecule has 2 N–H and O–H groups in total. The van der Waals surface area contributed by atoms with Crippen LogP contribution in [0.2, 0.25) is 0 Å². The molecule has 0 aliphatic carbocycles. The summed E-state index contributed by atoms with van der Waals surface area (Å²) in [6.07, 6.45) is 1.70. The summed E-state index contributed by atoms with van der Waals surface area (Å²) in [7, 11) is 0. The number of carbonyl (C=O) groups is 2. The summed E-state index contributed by atoms with van der Waals surface area (Å²) >= 11 is 0. The van der Waals surface area contributed by atoms with E-state index in [4.69, 9.17) is 10.4 Å². The van der Waals surface area contributed by atoms with Crippen LogP contribution in [0.25, 0.3) is 0 Å². The highest BCUT2D eigenvalue weighted by molar-refractivity contribution is 5.92. The normalized spacial score (nSPS) is 10.4. The maximum atomic E-state index is 11.1. The van der Waals surface area contributed by atoms with Gasteiger partial charge in [-0.3, -0.25) is 4.79 Å². The molecule has 0 bridgehead atoms. The summed E-state index contributed by atoms with van der Waals surface area (Å²) in [5.41, 5.74) is -0.128. The molecule has 0 unspecified atom stereocenters. The van der Waals surface area contributed by atoms with Crippen LogP contribution in [0.5, 0.6) is 0 Å². The molecule has 0 amide bonds. The molecule has 6 heteroatoms. The number of nitrogens with one attached hydrogen (secondary N) is 1. The van der Waals surface area contributed by atoms with Crippen LogP contribution in [-0.4, -0.2) is 30.2 Å². The molecule has 0 heterocycles. The Morgan fingerprint density at radius 1 is 1.56 bits per heavy atom. The first-order valence-electron chi connectivity index (χ1n) is 4.84. The molecule has 0 radical (unpaired) electrons. The zero-order valence-electron chi connectivity index (χ0n) is 9.02. The molecule has 0 aliphatic heterocycles. The molecule has 0 rings (SSSR count). The van der Waals surface area contributed by atoms with E-state index in [1.807, 2.05) is 0 Å². The first-order valence-corrected chi connectivity index (χ1v) is 4.84. The number of aliphatic carboxylic acids is 1. The summed E-state index contributed by atoms with van der Waals surface area (Å²) in [4.78, 5) is 21.3. The van der Waals surface area contributed by atoms with Gasteiger partial charge in [0.1, 0.15) is 6.07 Å². The number of esters is 1. The van der Waals surface area contributed by atoms with E-state index in [-0.39, 0.29) is 18.6 Å². The molecule has 0 atom stereocenters. The first kappa shape index (κ1) is 14.0. The van der Waals surface area contributed by atoms with E-state index in [1.165, 1.54) is 6.20 Å². The zero-order chi connectivity index (χ0) is 12.4. The molecule has 0 aromatic carbocycles. The number of carboxylic acid groups (broad SMARTS) is 1. The highest BCUT2D eigenvalue weighted by Crippen LogP contribution is 1.95. The Morgan fingerprint density at radius 2 is 2.25 bits per heavy atom. The van der Waals surface area contributed by atoms with Gasteiger partial charge in [0, 0.05) is 19.2 Å². The van der Waals surface area contributed by atoms with Gasteiger partial charge in [0.15, 0.2) is 5.57 Å². The van der Waals surface area contributed by atoms with Crippen molar-refractivity contribution in [3.63, 3.8) is 0 Å². The fourth-order valence-corrected chi connectivity index (χ4v) is 0.862. The van der Waals surface area contributed by atoms with Crippen LogP contribution >= 0.6 is 0 Å². The van der Waals surface area contributed by atoms with Gasteiger partial charge in [-0.1, -0.05) is 0 Å². The molecular formula is C10H14N2O4. The summed E-state index contributed by atoms with van der Waals surface area (Å²) in [5, 5.41) is 19.7. The number of hydrogen-bond acceptors (Lipinski definition) is 5. The lowest BCUT2D eigenvalue weighted by Gasteiger charge is -2.01.